The van der Waals surface area contributed by atoms with E-state index in [-0.39, 0.29) is 0 Å². The zero-order valence-electron chi connectivity index (χ0n) is 20.4. The molecule has 1 heteroatoms. The first kappa shape index (κ1) is 21.0. The van der Waals surface area contributed by atoms with Crippen LogP contribution < -0.4 is 0 Å². The van der Waals surface area contributed by atoms with Crippen LogP contribution in [0.25, 0.3) is 59.8 Å². The maximum atomic E-state index is 3.70. The third-order valence-electron chi connectivity index (χ3n) is 8.01. The minimum Gasteiger partial charge on any atom is -0.135 e. The third-order valence-corrected chi connectivity index (χ3v) is 9.23. The molecule has 8 rings (SSSR count). The van der Waals surface area contributed by atoms with Crippen molar-refractivity contribution in [1.29, 1.82) is 0 Å². The van der Waals surface area contributed by atoms with E-state index in [1.807, 2.05) is 11.3 Å². The Bertz CT molecular complexity index is 1990. The van der Waals surface area contributed by atoms with Gasteiger partial charge in [0.15, 0.2) is 0 Å². The first-order valence-corrected chi connectivity index (χ1v) is 13.9. The van der Waals surface area contributed by atoms with Crippen LogP contribution in [0.3, 0.4) is 0 Å². The summed E-state index contributed by atoms with van der Waals surface area (Å²) in [5.74, 6) is 0. The summed E-state index contributed by atoms with van der Waals surface area (Å²) in [6.45, 7) is 0. The van der Waals surface area contributed by atoms with Gasteiger partial charge in [0.25, 0.3) is 0 Å². The Morgan fingerprint density at radius 3 is 2.35 bits per heavy atom. The average molecular weight is 489 g/mol. The molecule has 6 aromatic rings. The molecule has 0 nitrogen and oxygen atoms in total. The molecular formula is C36H24S. The predicted molar refractivity (Wildman–Crippen MR) is 161 cm³/mol. The van der Waals surface area contributed by atoms with Crippen LogP contribution in [0.15, 0.2) is 103 Å². The molecule has 0 saturated carbocycles. The summed E-state index contributed by atoms with van der Waals surface area (Å²) in [4.78, 5) is 0. The lowest BCUT2D eigenvalue weighted by Crippen LogP contribution is -2.06. The van der Waals surface area contributed by atoms with E-state index < -0.39 is 0 Å². The van der Waals surface area contributed by atoms with Crippen LogP contribution in [0.5, 0.6) is 0 Å². The standard InChI is InChI=1S/C36H24S/c1-2-11-24-22-25(21-20-23(24)10-1)34-27-13-3-5-15-29(27)35(30-16-6-4-14-28(30)34)32-18-9-17-31-26-12-7-8-19-33(26)37-36(31)32/h1-5,7-15,17-20H,6,16,22H2. The number of allylic oxidation sites excluding steroid dienone is 2. The van der Waals surface area contributed by atoms with E-state index in [1.165, 1.54) is 75.5 Å². The topological polar surface area (TPSA) is 0 Å². The molecule has 1 aromatic heterocycles. The van der Waals surface area contributed by atoms with E-state index >= 15 is 0 Å². The van der Waals surface area contributed by atoms with E-state index in [1.54, 1.807) is 0 Å². The summed E-state index contributed by atoms with van der Waals surface area (Å²) >= 11 is 1.93. The monoisotopic (exact) mass is 488 g/mol. The van der Waals surface area contributed by atoms with E-state index in [2.05, 4.69) is 115 Å². The normalized spacial score (nSPS) is 14.2. The summed E-state index contributed by atoms with van der Waals surface area (Å²) in [6.07, 6.45) is 9.97. The zero-order chi connectivity index (χ0) is 24.3. The van der Waals surface area contributed by atoms with Crippen molar-refractivity contribution in [3.63, 3.8) is 0 Å². The smallest absolute Gasteiger partial charge is 0.0434 e. The SMILES string of the molecule is C1=Cc2ccccc2CC=1c1c2c(c(-c3cccc4c3sc3ccccc34)c3ccccc13)CCC=C2. The summed E-state index contributed by atoms with van der Waals surface area (Å²) in [7, 11) is 0. The summed E-state index contributed by atoms with van der Waals surface area (Å²) in [6, 6.07) is 33.5. The van der Waals surface area contributed by atoms with Gasteiger partial charge in [0.1, 0.15) is 0 Å². The van der Waals surface area contributed by atoms with Crippen LogP contribution in [0.4, 0.5) is 0 Å². The Labute approximate surface area is 220 Å². The predicted octanol–water partition coefficient (Wildman–Crippen LogP) is 10.1. The van der Waals surface area contributed by atoms with E-state index in [4.69, 9.17) is 0 Å². The third kappa shape index (κ3) is 3.15. The zero-order valence-corrected chi connectivity index (χ0v) is 21.2. The quantitative estimate of drug-likeness (QED) is 0.213. The highest BCUT2D eigenvalue weighted by Crippen LogP contribution is 2.47. The number of thiophene rings is 1. The number of hydrogen-bond acceptors (Lipinski definition) is 1. The number of rotatable bonds is 2. The molecule has 2 aliphatic carbocycles. The molecule has 0 radical (unpaired) electrons. The van der Waals surface area contributed by atoms with Crippen molar-refractivity contribution in [2.45, 2.75) is 19.3 Å². The molecule has 2 aliphatic rings. The Hall–Kier alpha value is -4.16. The van der Waals surface area contributed by atoms with Crippen molar-refractivity contribution < 1.29 is 0 Å². The van der Waals surface area contributed by atoms with Gasteiger partial charge in [-0.2, -0.15) is 0 Å². The fourth-order valence-electron chi connectivity index (χ4n) is 6.36. The second-order valence-electron chi connectivity index (χ2n) is 10.1. The van der Waals surface area contributed by atoms with Crippen molar-refractivity contribution in [2.24, 2.45) is 0 Å². The van der Waals surface area contributed by atoms with Crippen LogP contribution in [-0.2, 0) is 12.8 Å². The molecule has 0 unspecified atom stereocenters. The van der Waals surface area contributed by atoms with Gasteiger partial charge in [-0.1, -0.05) is 97.1 Å². The van der Waals surface area contributed by atoms with Gasteiger partial charge >= 0.3 is 0 Å². The van der Waals surface area contributed by atoms with Gasteiger partial charge in [0.05, 0.1) is 0 Å². The summed E-state index contributed by atoms with van der Waals surface area (Å²) in [5.41, 5.74) is 14.7. The van der Waals surface area contributed by atoms with Crippen molar-refractivity contribution >= 4 is 60.0 Å². The van der Waals surface area contributed by atoms with Crippen LogP contribution in [0.1, 0.15) is 34.2 Å². The van der Waals surface area contributed by atoms with E-state index in [9.17, 15) is 0 Å². The fourth-order valence-corrected chi connectivity index (χ4v) is 7.59. The molecule has 0 aliphatic heterocycles. The largest absolute Gasteiger partial charge is 0.135 e. The lowest BCUT2D eigenvalue weighted by Gasteiger charge is -2.25. The second-order valence-corrected chi connectivity index (χ2v) is 11.1. The van der Waals surface area contributed by atoms with Gasteiger partial charge in [-0.15, -0.1) is 17.1 Å². The van der Waals surface area contributed by atoms with Crippen LogP contribution in [0.2, 0.25) is 0 Å². The fraction of sp³-hybridized carbons (Fsp3) is 0.0833. The lowest BCUT2D eigenvalue weighted by atomic mass is 9.78. The number of fused-ring (bicyclic) bond motifs is 6. The summed E-state index contributed by atoms with van der Waals surface area (Å²) < 4.78 is 2.75. The highest BCUT2D eigenvalue weighted by Gasteiger charge is 2.24. The minimum absolute atomic E-state index is 0.919. The highest BCUT2D eigenvalue weighted by molar-refractivity contribution is 7.26. The Balaban J connectivity index is 1.48. The molecule has 0 N–H and O–H groups in total. The van der Waals surface area contributed by atoms with Crippen molar-refractivity contribution in [3.8, 4) is 11.1 Å². The first-order valence-electron chi connectivity index (χ1n) is 13.1. The molecular weight excluding hydrogens is 464 g/mol. The average Bonchev–Trinajstić information content (AvgIpc) is 3.35. The molecule has 5 aromatic carbocycles. The van der Waals surface area contributed by atoms with Gasteiger partial charge < -0.3 is 0 Å². The van der Waals surface area contributed by atoms with Gasteiger partial charge in [0, 0.05) is 43.3 Å². The Morgan fingerprint density at radius 2 is 1.43 bits per heavy atom. The van der Waals surface area contributed by atoms with E-state index in [0.29, 0.717) is 0 Å². The lowest BCUT2D eigenvalue weighted by molar-refractivity contribution is 0.989. The molecule has 37 heavy (non-hydrogen) atoms. The van der Waals surface area contributed by atoms with Gasteiger partial charge in [-0.25, -0.2) is 0 Å². The molecule has 0 spiro atoms. The molecule has 0 saturated heterocycles. The van der Waals surface area contributed by atoms with Gasteiger partial charge in [0.2, 0.25) is 0 Å². The summed E-state index contributed by atoms with van der Waals surface area (Å²) in [5, 5.41) is 5.40. The van der Waals surface area contributed by atoms with Crippen LogP contribution in [0, 0.1) is 0 Å². The molecule has 0 fully saturated rings. The molecule has 1 heterocycles. The van der Waals surface area contributed by atoms with E-state index in [0.717, 1.165) is 19.3 Å². The van der Waals surface area contributed by atoms with Gasteiger partial charge in [-0.3, -0.25) is 0 Å². The molecule has 174 valence electrons. The highest BCUT2D eigenvalue weighted by atomic mass is 32.1. The first-order chi connectivity index (χ1) is 18.4. The Kier molecular flexibility index (Phi) is 4.64. The minimum atomic E-state index is 0.919. The molecule has 0 bridgehead atoms. The molecule has 0 amide bonds. The van der Waals surface area contributed by atoms with Crippen LogP contribution in [-0.4, -0.2) is 0 Å². The van der Waals surface area contributed by atoms with Crippen molar-refractivity contribution in [2.75, 3.05) is 0 Å². The van der Waals surface area contributed by atoms with Crippen molar-refractivity contribution in [3.05, 3.63) is 131 Å². The maximum absolute atomic E-state index is 3.70. The second kappa shape index (κ2) is 8.18. The number of hydrogen-bond donors (Lipinski definition) is 0. The number of benzene rings is 5. The molecule has 0 atom stereocenters. The maximum Gasteiger partial charge on any atom is 0.0434 e. The van der Waals surface area contributed by atoms with Crippen molar-refractivity contribution in [1.82, 2.24) is 0 Å². The van der Waals surface area contributed by atoms with Crippen LogP contribution >= 0.6 is 11.3 Å². The Morgan fingerprint density at radius 1 is 0.676 bits per heavy atom. The van der Waals surface area contributed by atoms with Gasteiger partial charge in [-0.05, 0) is 63.6 Å².